The van der Waals surface area contributed by atoms with Gasteiger partial charge in [0.05, 0.1) is 27.6 Å². The summed E-state index contributed by atoms with van der Waals surface area (Å²) in [5, 5.41) is 17.1. The molecule has 2 N–H and O–H groups in total. The van der Waals surface area contributed by atoms with Crippen molar-refractivity contribution in [1.29, 1.82) is 0 Å². The molecule has 2 aliphatic rings. The number of rotatable bonds is 2. The number of likely N-dealkylation sites (tertiary alicyclic amines) is 1. The Morgan fingerprint density at radius 1 is 1.00 bits per heavy atom. The maximum absolute atomic E-state index is 11.5. The molecule has 6 atom stereocenters. The SMILES string of the molecule is O=C(CO)N1CCC(C2C(O)C(Cl)C(Cl)C(Cl)C2Cl)CC1. The summed E-state index contributed by atoms with van der Waals surface area (Å²) in [6, 6.07) is 0. The lowest BCUT2D eigenvalue weighted by Crippen LogP contribution is -2.57. The molecule has 0 aromatic carbocycles. The highest BCUT2D eigenvalue weighted by molar-refractivity contribution is 6.38. The van der Waals surface area contributed by atoms with E-state index in [1.165, 1.54) is 0 Å². The minimum Gasteiger partial charge on any atom is -0.391 e. The van der Waals surface area contributed by atoms with Gasteiger partial charge in [0.25, 0.3) is 0 Å². The smallest absolute Gasteiger partial charge is 0.248 e. The predicted molar refractivity (Wildman–Crippen MR) is 84.5 cm³/mol. The first kappa shape index (κ1) is 17.9. The van der Waals surface area contributed by atoms with Crippen LogP contribution in [0.5, 0.6) is 0 Å². The Morgan fingerprint density at radius 3 is 2.05 bits per heavy atom. The highest BCUT2D eigenvalue weighted by atomic mass is 35.5. The van der Waals surface area contributed by atoms with Crippen molar-refractivity contribution >= 4 is 52.3 Å². The molecule has 0 aromatic rings. The number of carbonyl (C=O) groups excluding carboxylic acids is 1. The van der Waals surface area contributed by atoms with Crippen molar-refractivity contribution in [2.24, 2.45) is 11.8 Å². The lowest BCUT2D eigenvalue weighted by Gasteiger charge is -2.46. The summed E-state index contributed by atoms with van der Waals surface area (Å²) >= 11 is 24.9. The van der Waals surface area contributed by atoms with Gasteiger partial charge in [0.1, 0.15) is 6.61 Å². The minimum absolute atomic E-state index is 0.136. The number of halogens is 4. The molecule has 1 amide bonds. The number of nitrogens with zero attached hydrogens (tertiary/aromatic N) is 1. The third kappa shape index (κ3) is 3.56. The summed E-state index contributed by atoms with van der Waals surface area (Å²) in [6.45, 7) is 0.610. The van der Waals surface area contributed by atoms with E-state index >= 15 is 0 Å². The molecule has 1 saturated heterocycles. The van der Waals surface area contributed by atoms with Crippen LogP contribution in [-0.4, -0.2) is 68.3 Å². The van der Waals surface area contributed by atoms with Gasteiger partial charge in [-0.25, -0.2) is 0 Å². The summed E-state index contributed by atoms with van der Waals surface area (Å²) in [5.74, 6) is -0.374. The molecule has 0 bridgehead atoms. The second kappa shape index (κ2) is 7.41. The molecule has 1 heterocycles. The van der Waals surface area contributed by atoms with Gasteiger partial charge in [-0.15, -0.1) is 46.4 Å². The van der Waals surface area contributed by atoms with E-state index in [-0.39, 0.29) is 17.7 Å². The van der Waals surface area contributed by atoms with Crippen molar-refractivity contribution in [2.45, 2.75) is 40.5 Å². The van der Waals surface area contributed by atoms with Gasteiger partial charge in [-0.2, -0.15) is 0 Å². The largest absolute Gasteiger partial charge is 0.391 e. The van der Waals surface area contributed by atoms with Crippen LogP contribution in [0.2, 0.25) is 0 Å². The van der Waals surface area contributed by atoms with Crippen LogP contribution in [0.1, 0.15) is 12.8 Å². The zero-order valence-corrected chi connectivity index (χ0v) is 14.4. The molecular weight excluding hydrogens is 360 g/mol. The number of aliphatic hydroxyl groups is 2. The maximum Gasteiger partial charge on any atom is 0.248 e. The highest BCUT2D eigenvalue weighted by Gasteiger charge is 2.50. The molecular formula is C13H19Cl4NO3. The average Bonchev–Trinajstić information content (AvgIpc) is 2.51. The van der Waals surface area contributed by atoms with Gasteiger partial charge >= 0.3 is 0 Å². The van der Waals surface area contributed by atoms with Crippen molar-refractivity contribution in [2.75, 3.05) is 19.7 Å². The van der Waals surface area contributed by atoms with E-state index in [2.05, 4.69) is 0 Å². The molecule has 0 radical (unpaired) electrons. The number of aliphatic hydroxyl groups excluding tert-OH is 2. The summed E-state index contributed by atoms with van der Waals surface area (Å²) < 4.78 is 0. The van der Waals surface area contributed by atoms with E-state index < -0.39 is 34.2 Å². The van der Waals surface area contributed by atoms with Crippen LogP contribution in [0, 0.1) is 11.8 Å². The number of alkyl halides is 4. The van der Waals surface area contributed by atoms with Crippen LogP contribution in [0.4, 0.5) is 0 Å². The zero-order valence-electron chi connectivity index (χ0n) is 11.3. The number of piperidine rings is 1. The van der Waals surface area contributed by atoms with Crippen molar-refractivity contribution < 1.29 is 15.0 Å². The topological polar surface area (TPSA) is 60.8 Å². The molecule has 1 aliphatic heterocycles. The number of amides is 1. The minimum atomic E-state index is -0.809. The molecule has 2 fully saturated rings. The Hall–Kier alpha value is 0.550. The van der Waals surface area contributed by atoms with Crippen LogP contribution in [-0.2, 0) is 4.79 Å². The standard InChI is InChI=1S/C13H19Cl4NO3/c14-9-8(13(21)12(17)11(16)10(9)15)6-1-3-18(4-2-6)7(20)5-19/h6,8-13,19,21H,1-5H2. The van der Waals surface area contributed by atoms with Gasteiger partial charge in [0, 0.05) is 19.0 Å². The van der Waals surface area contributed by atoms with Crippen LogP contribution in [0.15, 0.2) is 0 Å². The number of carbonyl (C=O) groups is 1. The fourth-order valence-electron chi connectivity index (χ4n) is 3.33. The monoisotopic (exact) mass is 377 g/mol. The highest BCUT2D eigenvalue weighted by Crippen LogP contribution is 2.44. The second-order valence-corrected chi connectivity index (χ2v) is 7.74. The molecule has 6 unspecified atom stereocenters. The summed E-state index contributed by atoms with van der Waals surface area (Å²) in [6.07, 6.45) is 0.602. The normalized spacial score (nSPS) is 42.1. The molecule has 0 aromatic heterocycles. The predicted octanol–water partition coefficient (Wildman–Crippen LogP) is 1.64. The third-order valence-corrected chi connectivity index (χ3v) is 7.14. The number of hydrogen-bond donors (Lipinski definition) is 2. The first-order valence-corrected chi connectivity index (χ1v) is 8.76. The molecule has 1 aliphatic carbocycles. The van der Waals surface area contributed by atoms with E-state index in [0.29, 0.717) is 25.9 Å². The van der Waals surface area contributed by atoms with E-state index in [1.54, 1.807) is 4.90 Å². The van der Waals surface area contributed by atoms with Crippen molar-refractivity contribution in [3.8, 4) is 0 Å². The van der Waals surface area contributed by atoms with Crippen LogP contribution < -0.4 is 0 Å². The zero-order chi connectivity index (χ0) is 15.7. The fraction of sp³-hybridized carbons (Fsp3) is 0.923. The third-order valence-electron chi connectivity index (χ3n) is 4.57. The molecule has 4 nitrogen and oxygen atoms in total. The van der Waals surface area contributed by atoms with Gasteiger partial charge in [0.2, 0.25) is 5.91 Å². The van der Waals surface area contributed by atoms with Crippen LogP contribution in [0.3, 0.4) is 0 Å². The molecule has 8 heteroatoms. The van der Waals surface area contributed by atoms with Crippen molar-refractivity contribution in [1.82, 2.24) is 4.90 Å². The first-order valence-electron chi connectivity index (χ1n) is 7.01. The second-order valence-electron chi connectivity index (χ2n) is 5.72. The van der Waals surface area contributed by atoms with Crippen molar-refractivity contribution in [3.05, 3.63) is 0 Å². The molecule has 122 valence electrons. The molecule has 1 saturated carbocycles. The Morgan fingerprint density at radius 2 is 1.52 bits per heavy atom. The Kier molecular flexibility index (Phi) is 6.32. The lowest BCUT2D eigenvalue weighted by molar-refractivity contribution is -0.136. The Balaban J connectivity index is 2.03. The van der Waals surface area contributed by atoms with Gasteiger partial charge in [0.15, 0.2) is 0 Å². The summed E-state index contributed by atoms with van der Waals surface area (Å²) in [4.78, 5) is 13.1. The van der Waals surface area contributed by atoms with Crippen LogP contribution >= 0.6 is 46.4 Å². The van der Waals surface area contributed by atoms with Gasteiger partial charge in [-0.05, 0) is 18.8 Å². The van der Waals surface area contributed by atoms with Crippen LogP contribution in [0.25, 0.3) is 0 Å². The average molecular weight is 379 g/mol. The van der Waals surface area contributed by atoms with Crippen molar-refractivity contribution in [3.63, 3.8) is 0 Å². The van der Waals surface area contributed by atoms with Gasteiger partial charge in [-0.1, -0.05) is 0 Å². The maximum atomic E-state index is 11.5. The fourth-order valence-corrected chi connectivity index (χ4v) is 4.94. The van der Waals surface area contributed by atoms with Gasteiger partial charge < -0.3 is 15.1 Å². The lowest BCUT2D eigenvalue weighted by atomic mass is 9.73. The van der Waals surface area contributed by atoms with E-state index in [0.717, 1.165) is 0 Å². The summed E-state index contributed by atoms with van der Waals surface area (Å²) in [7, 11) is 0. The molecule has 21 heavy (non-hydrogen) atoms. The summed E-state index contributed by atoms with van der Waals surface area (Å²) in [5.41, 5.74) is 0. The first-order chi connectivity index (χ1) is 9.88. The Labute approximate surface area is 144 Å². The van der Waals surface area contributed by atoms with E-state index in [1.807, 2.05) is 0 Å². The Bertz CT molecular complexity index is 362. The van der Waals surface area contributed by atoms with E-state index in [4.69, 9.17) is 51.5 Å². The quantitative estimate of drug-likeness (QED) is 0.718. The molecule has 2 rings (SSSR count). The van der Waals surface area contributed by atoms with Gasteiger partial charge in [-0.3, -0.25) is 4.79 Å². The molecule has 0 spiro atoms. The number of hydrogen-bond acceptors (Lipinski definition) is 3. The van der Waals surface area contributed by atoms with E-state index in [9.17, 15) is 9.90 Å².